The van der Waals surface area contributed by atoms with E-state index in [1.807, 2.05) is 18.2 Å². The van der Waals surface area contributed by atoms with E-state index in [9.17, 15) is 14.4 Å². The number of carbonyl (C=O) groups excluding carboxylic acids is 3. The van der Waals surface area contributed by atoms with Gasteiger partial charge < -0.3 is 15.0 Å². The van der Waals surface area contributed by atoms with E-state index in [0.29, 0.717) is 24.2 Å². The summed E-state index contributed by atoms with van der Waals surface area (Å²) in [7, 11) is 0. The summed E-state index contributed by atoms with van der Waals surface area (Å²) in [5, 5.41) is 3.03. The first-order valence-electron chi connectivity index (χ1n) is 10.5. The van der Waals surface area contributed by atoms with Crippen LogP contribution in [0.1, 0.15) is 60.1 Å². The van der Waals surface area contributed by atoms with Crippen LogP contribution in [-0.2, 0) is 20.7 Å². The normalized spacial score (nSPS) is 19.2. The molecular formula is C24H26N2O4. The van der Waals surface area contributed by atoms with Crippen molar-refractivity contribution in [3.8, 4) is 0 Å². The molecule has 1 N–H and O–H groups in total. The summed E-state index contributed by atoms with van der Waals surface area (Å²) in [4.78, 5) is 39.2. The first-order chi connectivity index (χ1) is 14.5. The molecule has 0 unspecified atom stereocenters. The number of hydrogen-bond acceptors (Lipinski definition) is 4. The van der Waals surface area contributed by atoms with Crippen LogP contribution in [0.5, 0.6) is 0 Å². The third-order valence-corrected chi connectivity index (χ3v) is 5.83. The van der Waals surface area contributed by atoms with Crippen molar-refractivity contribution in [1.82, 2.24) is 5.32 Å². The fourth-order valence-corrected chi connectivity index (χ4v) is 4.25. The molecule has 2 aromatic carbocycles. The van der Waals surface area contributed by atoms with Gasteiger partial charge in [-0.05, 0) is 55.9 Å². The molecular weight excluding hydrogens is 380 g/mol. The van der Waals surface area contributed by atoms with E-state index in [0.717, 1.165) is 31.2 Å². The molecule has 1 fully saturated rings. The molecule has 1 heterocycles. The maximum absolute atomic E-state index is 12.8. The van der Waals surface area contributed by atoms with Crippen molar-refractivity contribution in [2.45, 2.75) is 51.2 Å². The lowest BCUT2D eigenvalue weighted by Gasteiger charge is -2.27. The van der Waals surface area contributed by atoms with Crippen LogP contribution in [-0.4, -0.2) is 30.4 Å². The number of ether oxygens (including phenoxy) is 1. The Morgan fingerprint density at radius 2 is 1.83 bits per heavy atom. The number of para-hydroxylation sites is 1. The molecule has 1 aliphatic carbocycles. The van der Waals surface area contributed by atoms with Gasteiger partial charge in [0, 0.05) is 13.0 Å². The summed E-state index contributed by atoms with van der Waals surface area (Å²) in [5.41, 5.74) is 3.23. The maximum Gasteiger partial charge on any atom is 0.341 e. The van der Waals surface area contributed by atoms with Gasteiger partial charge in [-0.2, -0.15) is 0 Å². The van der Waals surface area contributed by atoms with Gasteiger partial charge in [-0.15, -0.1) is 0 Å². The van der Waals surface area contributed by atoms with Gasteiger partial charge in [0.25, 0.3) is 5.91 Å². The number of fused-ring (bicyclic) bond motifs is 1. The SMILES string of the molecule is C[C@@H](OC(=O)c1ccccc1N1CCCC1=O)C(=O)N[C@@H]1CCCc2ccccc21. The second-order valence-corrected chi connectivity index (χ2v) is 7.87. The van der Waals surface area contributed by atoms with Gasteiger partial charge in [-0.25, -0.2) is 4.79 Å². The Bertz CT molecular complexity index is 971. The Morgan fingerprint density at radius 1 is 1.07 bits per heavy atom. The van der Waals surface area contributed by atoms with Crippen LogP contribution in [0.2, 0.25) is 0 Å². The lowest BCUT2D eigenvalue weighted by atomic mass is 9.87. The lowest BCUT2D eigenvalue weighted by Crippen LogP contribution is -2.39. The van der Waals surface area contributed by atoms with Crippen molar-refractivity contribution in [3.05, 3.63) is 65.2 Å². The standard InChI is InChI=1S/C24H26N2O4/c1-16(23(28)25-20-12-6-9-17-8-2-3-10-18(17)20)30-24(29)19-11-4-5-13-21(19)26-15-7-14-22(26)27/h2-5,8,10-11,13,16,20H,6-7,9,12,14-15H2,1H3,(H,25,28)/t16-,20-/m1/s1. The zero-order chi connectivity index (χ0) is 21.1. The fourth-order valence-electron chi connectivity index (χ4n) is 4.25. The quantitative estimate of drug-likeness (QED) is 0.771. The molecule has 2 amide bonds. The summed E-state index contributed by atoms with van der Waals surface area (Å²) < 4.78 is 5.47. The number of nitrogens with one attached hydrogen (secondary N) is 1. The van der Waals surface area contributed by atoms with Gasteiger partial charge >= 0.3 is 5.97 Å². The summed E-state index contributed by atoms with van der Waals surface area (Å²) in [6, 6.07) is 14.9. The van der Waals surface area contributed by atoms with E-state index >= 15 is 0 Å². The van der Waals surface area contributed by atoms with Gasteiger partial charge in [-0.1, -0.05) is 36.4 Å². The average molecular weight is 406 g/mol. The molecule has 6 nitrogen and oxygen atoms in total. The zero-order valence-electron chi connectivity index (χ0n) is 17.1. The van der Waals surface area contributed by atoms with Crippen molar-refractivity contribution in [1.29, 1.82) is 0 Å². The van der Waals surface area contributed by atoms with E-state index in [-0.39, 0.29) is 17.9 Å². The number of nitrogens with zero attached hydrogens (tertiary/aromatic N) is 1. The molecule has 1 aliphatic heterocycles. The predicted molar refractivity (Wildman–Crippen MR) is 113 cm³/mol. The molecule has 0 spiro atoms. The molecule has 2 aromatic rings. The van der Waals surface area contributed by atoms with Crippen LogP contribution in [0.3, 0.4) is 0 Å². The van der Waals surface area contributed by atoms with Crippen LogP contribution >= 0.6 is 0 Å². The molecule has 1 saturated heterocycles. The molecule has 2 aliphatic rings. The van der Waals surface area contributed by atoms with Crippen molar-refractivity contribution in [3.63, 3.8) is 0 Å². The van der Waals surface area contributed by atoms with E-state index < -0.39 is 12.1 Å². The zero-order valence-corrected chi connectivity index (χ0v) is 17.1. The summed E-state index contributed by atoms with van der Waals surface area (Å²) in [5.74, 6) is -0.922. The molecule has 0 aromatic heterocycles. The highest BCUT2D eigenvalue weighted by Gasteiger charge is 2.29. The Kier molecular flexibility index (Phi) is 5.84. The van der Waals surface area contributed by atoms with Gasteiger partial charge in [0.2, 0.25) is 5.91 Å². The Labute approximate surface area is 176 Å². The number of rotatable bonds is 5. The second kappa shape index (κ2) is 8.69. The Morgan fingerprint density at radius 3 is 2.63 bits per heavy atom. The number of anilines is 1. The summed E-state index contributed by atoms with van der Waals surface area (Å²) in [6.45, 7) is 2.16. The van der Waals surface area contributed by atoms with E-state index in [1.54, 1.807) is 36.1 Å². The Balaban J connectivity index is 1.43. The average Bonchev–Trinajstić information content (AvgIpc) is 3.19. The number of carbonyl (C=O) groups is 3. The third kappa shape index (κ3) is 4.08. The Hall–Kier alpha value is -3.15. The van der Waals surface area contributed by atoms with Crippen molar-refractivity contribution >= 4 is 23.5 Å². The minimum absolute atomic E-state index is 0.00277. The first kappa shape index (κ1) is 20.1. The lowest BCUT2D eigenvalue weighted by molar-refractivity contribution is -0.130. The van der Waals surface area contributed by atoms with E-state index in [1.165, 1.54) is 5.56 Å². The van der Waals surface area contributed by atoms with Crippen LogP contribution < -0.4 is 10.2 Å². The number of esters is 1. The summed E-state index contributed by atoms with van der Waals surface area (Å²) in [6.07, 6.45) is 3.19. The van der Waals surface area contributed by atoms with Crippen molar-refractivity contribution < 1.29 is 19.1 Å². The highest BCUT2D eigenvalue weighted by molar-refractivity contribution is 6.04. The van der Waals surface area contributed by atoms with Gasteiger partial charge in [0.1, 0.15) is 0 Å². The number of aryl methyl sites for hydroxylation is 1. The number of benzene rings is 2. The predicted octanol–water partition coefficient (Wildman–Crippen LogP) is 3.55. The van der Waals surface area contributed by atoms with Crippen molar-refractivity contribution in [2.75, 3.05) is 11.4 Å². The smallest absolute Gasteiger partial charge is 0.341 e. The molecule has 30 heavy (non-hydrogen) atoms. The third-order valence-electron chi connectivity index (χ3n) is 5.83. The van der Waals surface area contributed by atoms with Gasteiger partial charge in [0.15, 0.2) is 6.10 Å². The molecule has 0 radical (unpaired) electrons. The van der Waals surface area contributed by atoms with Crippen LogP contribution in [0, 0.1) is 0 Å². The van der Waals surface area contributed by atoms with Crippen LogP contribution in [0.25, 0.3) is 0 Å². The first-order valence-corrected chi connectivity index (χ1v) is 10.5. The van der Waals surface area contributed by atoms with Crippen molar-refractivity contribution in [2.24, 2.45) is 0 Å². The summed E-state index contributed by atoms with van der Waals surface area (Å²) >= 11 is 0. The molecule has 6 heteroatoms. The topological polar surface area (TPSA) is 75.7 Å². The van der Waals surface area contributed by atoms with E-state index in [2.05, 4.69) is 11.4 Å². The molecule has 156 valence electrons. The van der Waals surface area contributed by atoms with Crippen LogP contribution in [0.15, 0.2) is 48.5 Å². The minimum atomic E-state index is -0.936. The molecule has 2 atom stereocenters. The molecule has 0 bridgehead atoms. The van der Waals surface area contributed by atoms with Crippen LogP contribution in [0.4, 0.5) is 5.69 Å². The maximum atomic E-state index is 12.8. The second-order valence-electron chi connectivity index (χ2n) is 7.87. The van der Waals surface area contributed by atoms with Gasteiger partial charge in [0.05, 0.1) is 17.3 Å². The number of amides is 2. The minimum Gasteiger partial charge on any atom is -0.449 e. The molecule has 4 rings (SSSR count). The van der Waals surface area contributed by atoms with E-state index in [4.69, 9.17) is 4.74 Å². The monoisotopic (exact) mass is 406 g/mol. The fraction of sp³-hybridized carbons (Fsp3) is 0.375. The largest absolute Gasteiger partial charge is 0.449 e. The highest BCUT2D eigenvalue weighted by Crippen LogP contribution is 2.30. The number of hydrogen-bond donors (Lipinski definition) is 1. The highest BCUT2D eigenvalue weighted by atomic mass is 16.5. The van der Waals surface area contributed by atoms with Gasteiger partial charge in [-0.3, -0.25) is 9.59 Å². The molecule has 0 saturated carbocycles.